The lowest BCUT2D eigenvalue weighted by atomic mass is 9.81. The van der Waals surface area contributed by atoms with Gasteiger partial charge in [-0.15, -0.1) is 0 Å². The van der Waals surface area contributed by atoms with Gasteiger partial charge in [0.1, 0.15) is 0 Å². The summed E-state index contributed by atoms with van der Waals surface area (Å²) in [5, 5.41) is 0.240. The number of fused-ring (bicyclic) bond motifs is 4. The van der Waals surface area contributed by atoms with Crippen molar-refractivity contribution in [3.63, 3.8) is 0 Å². The second-order valence-corrected chi connectivity index (χ2v) is 5.43. The van der Waals surface area contributed by atoms with Crippen LogP contribution in [0.15, 0.2) is 42.5 Å². The van der Waals surface area contributed by atoms with Gasteiger partial charge < -0.3 is 0 Å². The Bertz CT molecular complexity index is 573. The third kappa shape index (κ3) is 1.24. The zero-order chi connectivity index (χ0) is 11.3. The van der Waals surface area contributed by atoms with Gasteiger partial charge in [-0.3, -0.25) is 0 Å². The first-order valence-electron chi connectivity index (χ1n) is 4.89. The lowest BCUT2D eigenvalue weighted by molar-refractivity contribution is 0.347. The molecule has 0 aromatic heterocycles. The molecule has 0 fully saturated rings. The van der Waals surface area contributed by atoms with E-state index in [4.69, 9.17) is 0 Å². The van der Waals surface area contributed by atoms with E-state index in [0.29, 0.717) is 0 Å². The van der Waals surface area contributed by atoms with Crippen molar-refractivity contribution in [2.75, 3.05) is 0 Å². The largest absolute Gasteiger partial charge is 0.441 e. The van der Waals surface area contributed by atoms with Gasteiger partial charge in [-0.25, -0.2) is 0 Å². The molecule has 0 heterocycles. The molecule has 2 aromatic rings. The van der Waals surface area contributed by atoms with Gasteiger partial charge in [0.2, 0.25) is 0 Å². The van der Waals surface area contributed by atoms with Crippen LogP contribution < -0.4 is 5.30 Å². The van der Waals surface area contributed by atoms with E-state index in [0.717, 1.165) is 22.3 Å². The Labute approximate surface area is 93.2 Å². The van der Waals surface area contributed by atoms with Crippen molar-refractivity contribution in [2.45, 2.75) is 0 Å². The fourth-order valence-electron chi connectivity index (χ4n) is 2.17. The first-order valence-corrected chi connectivity index (χ1v) is 6.54. The van der Waals surface area contributed by atoms with Gasteiger partial charge in [0.05, 0.1) is 0 Å². The summed E-state index contributed by atoms with van der Waals surface area (Å²) in [6.45, 7) is 0. The minimum atomic E-state index is -3.94. The highest BCUT2D eigenvalue weighted by atomic mass is 31.2. The molecular formula is C12H10O3P+. The van der Waals surface area contributed by atoms with E-state index in [1.165, 1.54) is 0 Å². The number of benzene rings is 2. The summed E-state index contributed by atoms with van der Waals surface area (Å²) in [4.78, 5) is 28.1. The summed E-state index contributed by atoms with van der Waals surface area (Å²) >= 11 is 0. The van der Waals surface area contributed by atoms with Crippen LogP contribution in [0.1, 0.15) is 0 Å². The highest BCUT2D eigenvalue weighted by Crippen LogP contribution is 2.53. The maximum absolute atomic E-state index is 9.38. The molecule has 0 atom stereocenters. The molecule has 0 amide bonds. The van der Waals surface area contributed by atoms with Crippen molar-refractivity contribution in [1.82, 2.24) is 0 Å². The van der Waals surface area contributed by atoms with Crippen LogP contribution in [0, 0.1) is 0 Å². The maximum atomic E-state index is 9.38. The Balaban J connectivity index is 2.26. The van der Waals surface area contributed by atoms with Crippen LogP contribution in [-0.2, 0) is 0 Å². The summed E-state index contributed by atoms with van der Waals surface area (Å²) in [7, 11) is -3.94. The quantitative estimate of drug-likeness (QED) is 0.560. The van der Waals surface area contributed by atoms with Gasteiger partial charge in [-0.05, 0) is 22.8 Å². The molecule has 3 rings (SSSR count). The van der Waals surface area contributed by atoms with E-state index >= 15 is 0 Å². The molecule has 80 valence electrons. The number of hydrogen-bond acceptors (Lipinski definition) is 3. The van der Waals surface area contributed by atoms with Gasteiger partial charge in [0.25, 0.3) is 0 Å². The average molecular weight is 233 g/mol. The van der Waals surface area contributed by atoms with Gasteiger partial charge in [-0.2, -0.15) is 14.7 Å². The predicted molar refractivity (Wildman–Crippen MR) is 64.1 cm³/mol. The molecule has 0 bridgehead atoms. The monoisotopic (exact) mass is 233 g/mol. The first kappa shape index (κ1) is 9.94. The number of hydrogen-bond donors (Lipinski definition) is 3. The lowest BCUT2D eigenvalue weighted by Crippen LogP contribution is -2.17. The molecular weight excluding hydrogens is 223 g/mol. The second kappa shape index (κ2) is 3.12. The second-order valence-electron chi connectivity index (χ2n) is 3.81. The van der Waals surface area contributed by atoms with Crippen LogP contribution in [0.5, 0.6) is 0 Å². The predicted octanol–water partition coefficient (Wildman–Crippen LogP) is 1.70. The van der Waals surface area contributed by atoms with Crippen molar-refractivity contribution in [1.29, 1.82) is 0 Å². The molecule has 0 saturated carbocycles. The Morgan fingerprint density at radius 1 is 0.688 bits per heavy atom. The van der Waals surface area contributed by atoms with Gasteiger partial charge in [0.15, 0.2) is 5.30 Å². The van der Waals surface area contributed by atoms with Gasteiger partial charge in [0, 0.05) is 5.56 Å². The van der Waals surface area contributed by atoms with Crippen LogP contribution in [0.2, 0.25) is 0 Å². The topological polar surface area (TPSA) is 60.7 Å². The van der Waals surface area contributed by atoms with Crippen LogP contribution in [-0.4, -0.2) is 14.7 Å². The van der Waals surface area contributed by atoms with E-state index in [2.05, 4.69) is 0 Å². The van der Waals surface area contributed by atoms with Crippen molar-refractivity contribution >= 4 is 13.2 Å². The Morgan fingerprint density at radius 2 is 1.31 bits per heavy atom. The molecule has 2 aromatic carbocycles. The molecule has 3 nitrogen and oxygen atoms in total. The average Bonchev–Trinajstić information content (AvgIpc) is 2.23. The Hall–Kier alpha value is -1.25. The molecule has 1 aliphatic carbocycles. The van der Waals surface area contributed by atoms with E-state index < -0.39 is 7.94 Å². The van der Waals surface area contributed by atoms with Crippen molar-refractivity contribution < 1.29 is 14.7 Å². The normalized spacial score (nSPS) is 12.7. The highest BCUT2D eigenvalue weighted by molar-refractivity contribution is 7.67. The molecule has 0 saturated heterocycles. The highest BCUT2D eigenvalue weighted by Gasteiger charge is 2.41. The third-order valence-electron chi connectivity index (χ3n) is 2.85. The van der Waals surface area contributed by atoms with Crippen molar-refractivity contribution in [2.24, 2.45) is 0 Å². The minimum Gasteiger partial charge on any atom is -0.189 e. The summed E-state index contributed by atoms with van der Waals surface area (Å²) in [5.41, 5.74) is 3.79. The van der Waals surface area contributed by atoms with Crippen LogP contribution >= 0.6 is 7.94 Å². The number of rotatable bonds is 1. The molecule has 16 heavy (non-hydrogen) atoms. The summed E-state index contributed by atoms with van der Waals surface area (Å²) in [5.74, 6) is 0. The van der Waals surface area contributed by atoms with Gasteiger partial charge >= 0.3 is 7.94 Å². The molecule has 0 aliphatic heterocycles. The first-order chi connectivity index (χ1) is 7.59. The van der Waals surface area contributed by atoms with E-state index in [9.17, 15) is 14.7 Å². The molecule has 0 radical (unpaired) electrons. The van der Waals surface area contributed by atoms with Crippen molar-refractivity contribution in [3.05, 3.63) is 42.5 Å². The Morgan fingerprint density at radius 3 is 2.00 bits per heavy atom. The van der Waals surface area contributed by atoms with E-state index in [1.807, 2.05) is 30.3 Å². The molecule has 3 N–H and O–H groups in total. The zero-order valence-electron chi connectivity index (χ0n) is 8.33. The fraction of sp³-hybridized carbons (Fsp3) is 0. The van der Waals surface area contributed by atoms with Crippen LogP contribution in [0.3, 0.4) is 0 Å². The summed E-state index contributed by atoms with van der Waals surface area (Å²) in [6, 6.07) is 12.9. The van der Waals surface area contributed by atoms with Gasteiger partial charge in [-0.1, -0.05) is 36.4 Å². The smallest absolute Gasteiger partial charge is 0.189 e. The zero-order valence-corrected chi connectivity index (χ0v) is 9.22. The van der Waals surface area contributed by atoms with Crippen molar-refractivity contribution in [3.8, 4) is 22.3 Å². The standard InChI is InChI=1S/C12H10O3P/c13-16(14,15)11-7-3-6-10-8-4-1-2-5-9(8)12(10)11/h1-7,13-15H/q+1. The summed E-state index contributed by atoms with van der Waals surface area (Å²) < 4.78 is 0. The fourth-order valence-corrected chi connectivity index (χ4v) is 3.00. The molecule has 0 spiro atoms. The summed E-state index contributed by atoms with van der Waals surface area (Å²) in [6.07, 6.45) is 0. The van der Waals surface area contributed by atoms with Crippen LogP contribution in [0.25, 0.3) is 22.3 Å². The van der Waals surface area contributed by atoms with E-state index in [1.54, 1.807) is 12.1 Å². The minimum absolute atomic E-state index is 0.240. The SMILES string of the molecule is O[P+](O)(O)c1cccc2c1-c1ccccc1-2. The lowest BCUT2D eigenvalue weighted by Gasteiger charge is -2.25. The van der Waals surface area contributed by atoms with Crippen LogP contribution in [0.4, 0.5) is 0 Å². The maximum Gasteiger partial charge on any atom is 0.441 e. The molecule has 4 heteroatoms. The van der Waals surface area contributed by atoms with E-state index in [-0.39, 0.29) is 5.30 Å². The molecule has 0 unspecified atom stereocenters. The third-order valence-corrected chi connectivity index (χ3v) is 3.87. The molecule has 1 aliphatic rings. The Kier molecular flexibility index (Phi) is 1.94.